The van der Waals surface area contributed by atoms with Crippen LogP contribution in [0.25, 0.3) is 0 Å². The van der Waals surface area contributed by atoms with Crippen LogP contribution in [0.2, 0.25) is 0 Å². The summed E-state index contributed by atoms with van der Waals surface area (Å²) in [5.74, 6) is -0.742. The van der Waals surface area contributed by atoms with Gasteiger partial charge in [-0.25, -0.2) is 0 Å². The average Bonchev–Trinajstić information content (AvgIpc) is 2.10. The topological polar surface area (TPSA) is 89.3 Å². The second-order valence-electron chi connectivity index (χ2n) is 3.38. The maximum absolute atomic E-state index is 10.2. The van der Waals surface area contributed by atoms with Gasteiger partial charge in [-0.15, -0.1) is 0 Å². The molecule has 0 aromatic heterocycles. The molecule has 0 saturated carbocycles. The van der Waals surface area contributed by atoms with Crippen molar-refractivity contribution >= 4 is 5.97 Å². The van der Waals surface area contributed by atoms with Crippen molar-refractivity contribution in [3.8, 4) is 0 Å². The lowest BCUT2D eigenvalue weighted by molar-refractivity contribution is -0.137. The van der Waals surface area contributed by atoms with Crippen molar-refractivity contribution < 1.29 is 9.90 Å². The Hall–Kier alpha value is -0.610. The first-order valence-corrected chi connectivity index (χ1v) is 4.80. The van der Waals surface area contributed by atoms with Crippen molar-refractivity contribution in [2.75, 3.05) is 0 Å². The van der Waals surface area contributed by atoms with Crippen molar-refractivity contribution in [2.24, 2.45) is 11.5 Å². The van der Waals surface area contributed by atoms with Crippen LogP contribution in [0.1, 0.15) is 39.0 Å². The summed E-state index contributed by atoms with van der Waals surface area (Å²) >= 11 is 0. The van der Waals surface area contributed by atoms with Crippen molar-refractivity contribution in [1.82, 2.24) is 0 Å². The van der Waals surface area contributed by atoms with Crippen LogP contribution in [0.15, 0.2) is 0 Å². The van der Waals surface area contributed by atoms with Gasteiger partial charge in [-0.2, -0.15) is 0 Å². The third-order valence-corrected chi connectivity index (χ3v) is 2.20. The molecule has 0 aliphatic heterocycles. The molecule has 0 spiro atoms. The first kappa shape index (κ1) is 12.4. The van der Waals surface area contributed by atoms with Crippen molar-refractivity contribution in [3.05, 3.63) is 0 Å². The number of hydrogen-bond donors (Lipinski definition) is 3. The zero-order chi connectivity index (χ0) is 10.3. The fourth-order valence-electron chi connectivity index (χ4n) is 1.17. The van der Waals surface area contributed by atoms with Crippen molar-refractivity contribution in [2.45, 2.75) is 51.1 Å². The summed E-state index contributed by atoms with van der Waals surface area (Å²) in [4.78, 5) is 10.2. The van der Waals surface area contributed by atoms with E-state index in [0.717, 1.165) is 19.3 Å². The minimum Gasteiger partial charge on any atom is -0.481 e. The maximum Gasteiger partial charge on any atom is 0.303 e. The zero-order valence-corrected chi connectivity index (χ0v) is 8.20. The highest BCUT2D eigenvalue weighted by atomic mass is 16.4. The van der Waals surface area contributed by atoms with Gasteiger partial charge < -0.3 is 16.6 Å². The predicted molar refractivity (Wildman–Crippen MR) is 52.3 cm³/mol. The number of aliphatic carboxylic acids is 1. The van der Waals surface area contributed by atoms with Crippen molar-refractivity contribution in [3.63, 3.8) is 0 Å². The molecule has 0 heterocycles. The molecule has 0 aromatic rings. The molecule has 0 radical (unpaired) electrons. The third-order valence-electron chi connectivity index (χ3n) is 2.20. The number of carbonyl (C=O) groups is 1. The summed E-state index contributed by atoms with van der Waals surface area (Å²) in [5, 5.41) is 8.38. The molecular formula is C9H20N2O2. The predicted octanol–water partition coefficient (Wildman–Crippen LogP) is 0.696. The highest BCUT2D eigenvalue weighted by Crippen LogP contribution is 2.05. The summed E-state index contributed by atoms with van der Waals surface area (Å²) in [5.41, 5.74) is 11.5. The van der Waals surface area contributed by atoms with Crippen LogP contribution < -0.4 is 11.5 Å². The number of nitrogens with two attached hydrogens (primary N) is 2. The second-order valence-corrected chi connectivity index (χ2v) is 3.38. The van der Waals surface area contributed by atoms with E-state index < -0.39 is 5.97 Å². The zero-order valence-electron chi connectivity index (χ0n) is 8.20. The number of rotatable bonds is 7. The molecule has 0 bridgehead atoms. The maximum atomic E-state index is 10.2. The minimum atomic E-state index is -0.742. The normalized spacial score (nSPS) is 15.3. The number of hydrogen-bond acceptors (Lipinski definition) is 3. The Bertz CT molecular complexity index is 151. The Kier molecular flexibility index (Phi) is 6.54. The summed E-state index contributed by atoms with van der Waals surface area (Å²) in [6, 6.07) is 0.0589. The van der Waals surface area contributed by atoms with Gasteiger partial charge in [0.25, 0.3) is 0 Å². The molecule has 4 heteroatoms. The molecular weight excluding hydrogens is 168 g/mol. The van der Waals surface area contributed by atoms with E-state index in [2.05, 4.69) is 0 Å². The smallest absolute Gasteiger partial charge is 0.303 e. The highest BCUT2D eigenvalue weighted by Gasteiger charge is 2.10. The van der Waals surface area contributed by atoms with E-state index in [4.69, 9.17) is 16.6 Å². The Morgan fingerprint density at radius 2 is 1.92 bits per heavy atom. The number of carboxylic acids is 1. The Labute approximate surface area is 79.3 Å². The fourth-order valence-corrected chi connectivity index (χ4v) is 1.17. The lowest BCUT2D eigenvalue weighted by Gasteiger charge is -2.17. The van der Waals surface area contributed by atoms with E-state index in [1.807, 2.05) is 6.92 Å². The van der Waals surface area contributed by atoms with Gasteiger partial charge in [0, 0.05) is 18.5 Å². The molecule has 0 aliphatic carbocycles. The summed E-state index contributed by atoms with van der Waals surface area (Å²) in [7, 11) is 0. The Morgan fingerprint density at radius 1 is 1.31 bits per heavy atom. The van der Waals surface area contributed by atoms with Gasteiger partial charge in [-0.1, -0.05) is 13.3 Å². The summed E-state index contributed by atoms with van der Waals surface area (Å²) in [6.07, 6.45) is 3.47. The highest BCUT2D eigenvalue weighted by molar-refractivity contribution is 5.66. The Morgan fingerprint density at radius 3 is 2.38 bits per heavy atom. The van der Waals surface area contributed by atoms with Gasteiger partial charge in [0.2, 0.25) is 0 Å². The molecule has 78 valence electrons. The van der Waals surface area contributed by atoms with Gasteiger partial charge in [0.1, 0.15) is 0 Å². The van der Waals surface area contributed by atoms with Crippen LogP contribution in [0.4, 0.5) is 0 Å². The van der Waals surface area contributed by atoms with Crippen LogP contribution in [-0.2, 0) is 4.79 Å². The molecule has 5 N–H and O–H groups in total. The monoisotopic (exact) mass is 188 g/mol. The Balaban J connectivity index is 3.36. The molecule has 0 amide bonds. The summed E-state index contributed by atoms with van der Waals surface area (Å²) < 4.78 is 0. The first-order valence-electron chi connectivity index (χ1n) is 4.80. The largest absolute Gasteiger partial charge is 0.481 e. The molecule has 2 atom stereocenters. The molecule has 0 saturated heterocycles. The van der Waals surface area contributed by atoms with E-state index in [1.165, 1.54) is 0 Å². The van der Waals surface area contributed by atoms with Gasteiger partial charge >= 0.3 is 5.97 Å². The van der Waals surface area contributed by atoms with Crippen LogP contribution in [0, 0.1) is 0 Å². The van der Waals surface area contributed by atoms with Gasteiger partial charge in [-0.05, 0) is 19.3 Å². The lowest BCUT2D eigenvalue weighted by Crippen LogP contribution is -2.40. The lowest BCUT2D eigenvalue weighted by atomic mass is 10.0. The van der Waals surface area contributed by atoms with Crippen LogP contribution in [0.5, 0.6) is 0 Å². The number of carboxylic acid groups (broad SMARTS) is 1. The molecule has 0 rings (SSSR count). The van der Waals surface area contributed by atoms with E-state index >= 15 is 0 Å². The minimum absolute atomic E-state index is 0.0128. The molecule has 0 aromatic carbocycles. The average molecular weight is 188 g/mol. The van der Waals surface area contributed by atoms with E-state index in [9.17, 15) is 4.79 Å². The number of unbranched alkanes of at least 4 members (excludes halogenated alkanes) is 1. The van der Waals surface area contributed by atoms with Crippen molar-refractivity contribution in [1.29, 1.82) is 0 Å². The molecule has 2 unspecified atom stereocenters. The van der Waals surface area contributed by atoms with Gasteiger partial charge in [-0.3, -0.25) is 4.79 Å². The fraction of sp³-hybridized carbons (Fsp3) is 0.889. The quantitative estimate of drug-likeness (QED) is 0.513. The van der Waals surface area contributed by atoms with E-state index in [-0.39, 0.29) is 18.5 Å². The van der Waals surface area contributed by atoms with Crippen LogP contribution in [-0.4, -0.2) is 23.2 Å². The second kappa shape index (κ2) is 6.86. The molecule has 13 heavy (non-hydrogen) atoms. The molecule has 0 fully saturated rings. The SMILES string of the molecule is CCC(N)C(N)CCCCC(=O)O. The molecule has 0 aliphatic rings. The van der Waals surface area contributed by atoms with E-state index in [1.54, 1.807) is 0 Å². The van der Waals surface area contributed by atoms with Crippen LogP contribution in [0.3, 0.4) is 0 Å². The van der Waals surface area contributed by atoms with Gasteiger partial charge in [0.05, 0.1) is 0 Å². The molecule has 4 nitrogen and oxygen atoms in total. The standard InChI is InChI=1S/C9H20N2O2/c1-2-7(10)8(11)5-3-4-6-9(12)13/h7-8H,2-6,10-11H2,1H3,(H,12,13). The summed E-state index contributed by atoms with van der Waals surface area (Å²) in [6.45, 7) is 2.00. The van der Waals surface area contributed by atoms with Crippen LogP contribution >= 0.6 is 0 Å². The first-order chi connectivity index (χ1) is 6.07. The third kappa shape index (κ3) is 6.54. The van der Waals surface area contributed by atoms with Gasteiger partial charge in [0.15, 0.2) is 0 Å². The van der Waals surface area contributed by atoms with E-state index in [0.29, 0.717) is 6.42 Å².